The van der Waals surface area contributed by atoms with E-state index in [2.05, 4.69) is 5.32 Å². The largest absolute Gasteiger partial charge is 0.399 e. The lowest BCUT2D eigenvalue weighted by Gasteiger charge is -2.07. The third-order valence-corrected chi connectivity index (χ3v) is 1.87. The number of carbonyl (C=O) groups is 1. The van der Waals surface area contributed by atoms with Gasteiger partial charge >= 0.3 is 0 Å². The molecule has 3 N–H and O–H groups in total. The van der Waals surface area contributed by atoms with Crippen molar-refractivity contribution in [3.05, 3.63) is 29.1 Å². The molecule has 1 aromatic carbocycles. The van der Waals surface area contributed by atoms with E-state index in [4.69, 9.17) is 5.73 Å². The molecule has 4 heteroatoms. The van der Waals surface area contributed by atoms with Crippen LogP contribution < -0.4 is 11.1 Å². The van der Waals surface area contributed by atoms with Crippen LogP contribution in [0.1, 0.15) is 22.8 Å². The van der Waals surface area contributed by atoms with Gasteiger partial charge in [0.05, 0.1) is 5.56 Å². The van der Waals surface area contributed by atoms with Gasteiger partial charge in [-0.2, -0.15) is 0 Å². The maximum atomic E-state index is 13.3. The highest BCUT2D eigenvalue weighted by atomic mass is 19.1. The van der Waals surface area contributed by atoms with E-state index in [0.29, 0.717) is 17.8 Å². The van der Waals surface area contributed by atoms with Gasteiger partial charge in [-0.25, -0.2) is 4.39 Å². The lowest BCUT2D eigenvalue weighted by atomic mass is 10.1. The van der Waals surface area contributed by atoms with Crippen LogP contribution in [0.5, 0.6) is 0 Å². The van der Waals surface area contributed by atoms with E-state index in [9.17, 15) is 9.18 Å². The fourth-order valence-corrected chi connectivity index (χ4v) is 1.31. The van der Waals surface area contributed by atoms with Crippen molar-refractivity contribution in [3.63, 3.8) is 0 Å². The van der Waals surface area contributed by atoms with Crippen LogP contribution in [0.25, 0.3) is 0 Å². The molecule has 0 saturated heterocycles. The van der Waals surface area contributed by atoms with Gasteiger partial charge in [-0.15, -0.1) is 0 Å². The second-order valence-electron chi connectivity index (χ2n) is 3.05. The molecule has 0 atom stereocenters. The first-order valence-corrected chi connectivity index (χ1v) is 4.40. The molecule has 76 valence electrons. The highest BCUT2D eigenvalue weighted by molar-refractivity contribution is 5.96. The molecule has 0 heterocycles. The molecular formula is C10H13FN2O. The summed E-state index contributed by atoms with van der Waals surface area (Å²) < 4.78 is 13.3. The van der Waals surface area contributed by atoms with Gasteiger partial charge in [0, 0.05) is 12.2 Å². The van der Waals surface area contributed by atoms with Crippen molar-refractivity contribution in [2.45, 2.75) is 13.8 Å². The van der Waals surface area contributed by atoms with Crippen molar-refractivity contribution in [1.82, 2.24) is 5.32 Å². The first kappa shape index (κ1) is 10.5. The molecule has 0 bridgehead atoms. The molecule has 0 fully saturated rings. The lowest BCUT2D eigenvalue weighted by Crippen LogP contribution is -2.24. The SMILES string of the molecule is CCNC(=O)c1c(C)cc(N)cc1F. The summed E-state index contributed by atoms with van der Waals surface area (Å²) >= 11 is 0. The van der Waals surface area contributed by atoms with Crippen molar-refractivity contribution < 1.29 is 9.18 Å². The van der Waals surface area contributed by atoms with Crippen LogP contribution in [-0.4, -0.2) is 12.5 Å². The Bertz CT molecular complexity index is 340. The molecule has 0 saturated carbocycles. The van der Waals surface area contributed by atoms with Crippen LogP contribution in [0.15, 0.2) is 12.1 Å². The second-order valence-corrected chi connectivity index (χ2v) is 3.05. The van der Waals surface area contributed by atoms with Gasteiger partial charge in [-0.1, -0.05) is 0 Å². The van der Waals surface area contributed by atoms with Crippen molar-refractivity contribution in [2.24, 2.45) is 0 Å². The van der Waals surface area contributed by atoms with E-state index in [1.165, 1.54) is 0 Å². The van der Waals surface area contributed by atoms with Crippen LogP contribution in [0, 0.1) is 12.7 Å². The number of amides is 1. The monoisotopic (exact) mass is 196 g/mol. The topological polar surface area (TPSA) is 55.1 Å². The van der Waals surface area contributed by atoms with E-state index < -0.39 is 11.7 Å². The number of carbonyl (C=O) groups excluding carboxylic acids is 1. The third-order valence-electron chi connectivity index (χ3n) is 1.87. The maximum Gasteiger partial charge on any atom is 0.254 e. The van der Waals surface area contributed by atoms with Gasteiger partial charge in [0.25, 0.3) is 5.91 Å². The molecule has 1 aromatic rings. The van der Waals surface area contributed by atoms with Crippen molar-refractivity contribution in [3.8, 4) is 0 Å². The number of halogens is 1. The number of hydrogen-bond acceptors (Lipinski definition) is 2. The number of nitrogens with two attached hydrogens (primary N) is 1. The molecule has 0 aliphatic carbocycles. The zero-order valence-corrected chi connectivity index (χ0v) is 8.23. The fourth-order valence-electron chi connectivity index (χ4n) is 1.31. The van der Waals surface area contributed by atoms with Crippen molar-refractivity contribution in [2.75, 3.05) is 12.3 Å². The molecule has 0 radical (unpaired) electrons. The Hall–Kier alpha value is -1.58. The number of aryl methyl sites for hydroxylation is 1. The Kier molecular flexibility index (Phi) is 3.06. The highest BCUT2D eigenvalue weighted by Crippen LogP contribution is 2.17. The molecule has 0 unspecified atom stereocenters. The Morgan fingerprint density at radius 3 is 2.71 bits per heavy atom. The van der Waals surface area contributed by atoms with Crippen LogP contribution in [-0.2, 0) is 0 Å². The number of hydrogen-bond donors (Lipinski definition) is 2. The number of benzene rings is 1. The summed E-state index contributed by atoms with van der Waals surface area (Å²) in [6, 6.07) is 2.73. The molecule has 1 amide bonds. The number of anilines is 1. The normalized spacial score (nSPS) is 9.93. The van der Waals surface area contributed by atoms with Crippen LogP contribution in [0.2, 0.25) is 0 Å². The molecule has 0 aliphatic rings. The summed E-state index contributed by atoms with van der Waals surface area (Å²) in [5, 5.41) is 2.54. The summed E-state index contributed by atoms with van der Waals surface area (Å²) in [5.74, 6) is -0.976. The number of rotatable bonds is 2. The van der Waals surface area contributed by atoms with Gasteiger partial charge in [0.2, 0.25) is 0 Å². The van der Waals surface area contributed by atoms with Crippen LogP contribution in [0.3, 0.4) is 0 Å². The summed E-state index contributed by atoms with van der Waals surface area (Å²) in [4.78, 5) is 11.4. The van der Waals surface area contributed by atoms with E-state index in [-0.39, 0.29) is 5.56 Å². The smallest absolute Gasteiger partial charge is 0.254 e. The van der Waals surface area contributed by atoms with Gasteiger partial charge in [0.1, 0.15) is 5.82 Å². The number of nitrogen functional groups attached to an aromatic ring is 1. The summed E-state index contributed by atoms with van der Waals surface area (Å²) in [5.41, 5.74) is 6.38. The van der Waals surface area contributed by atoms with E-state index in [1.807, 2.05) is 0 Å². The summed E-state index contributed by atoms with van der Waals surface area (Å²) in [6.45, 7) is 3.91. The van der Waals surface area contributed by atoms with Crippen LogP contribution in [0.4, 0.5) is 10.1 Å². The molecule has 3 nitrogen and oxygen atoms in total. The first-order chi connectivity index (χ1) is 6.56. The molecule has 0 aromatic heterocycles. The Morgan fingerprint density at radius 2 is 2.21 bits per heavy atom. The highest BCUT2D eigenvalue weighted by Gasteiger charge is 2.14. The minimum Gasteiger partial charge on any atom is -0.399 e. The van der Waals surface area contributed by atoms with Gasteiger partial charge in [-0.3, -0.25) is 4.79 Å². The lowest BCUT2D eigenvalue weighted by molar-refractivity contribution is 0.0951. The Labute approximate surface area is 82.1 Å². The first-order valence-electron chi connectivity index (χ1n) is 4.40. The van der Waals surface area contributed by atoms with Gasteiger partial charge in [-0.05, 0) is 31.5 Å². The molecule has 14 heavy (non-hydrogen) atoms. The van der Waals surface area contributed by atoms with E-state index in [0.717, 1.165) is 6.07 Å². The summed E-state index contributed by atoms with van der Waals surface area (Å²) in [7, 11) is 0. The predicted molar refractivity (Wildman–Crippen MR) is 53.6 cm³/mol. The molecule has 1 rings (SSSR count). The molecular weight excluding hydrogens is 183 g/mol. The van der Waals surface area contributed by atoms with Gasteiger partial charge < -0.3 is 11.1 Å². The quantitative estimate of drug-likeness (QED) is 0.704. The zero-order chi connectivity index (χ0) is 10.7. The maximum absolute atomic E-state index is 13.3. The minimum absolute atomic E-state index is 0.0704. The van der Waals surface area contributed by atoms with E-state index >= 15 is 0 Å². The average molecular weight is 196 g/mol. The minimum atomic E-state index is -0.576. The second kappa shape index (κ2) is 4.09. The molecule has 0 spiro atoms. The Balaban J connectivity index is 3.14. The summed E-state index contributed by atoms with van der Waals surface area (Å²) in [6.07, 6.45) is 0. The van der Waals surface area contributed by atoms with E-state index in [1.54, 1.807) is 19.9 Å². The van der Waals surface area contributed by atoms with Crippen molar-refractivity contribution >= 4 is 11.6 Å². The third kappa shape index (κ3) is 2.02. The standard InChI is InChI=1S/C10H13FN2O/c1-3-13-10(14)9-6(2)4-7(12)5-8(9)11/h4-5H,3,12H2,1-2H3,(H,13,14). The number of nitrogens with one attached hydrogen (secondary N) is 1. The van der Waals surface area contributed by atoms with Crippen molar-refractivity contribution in [1.29, 1.82) is 0 Å². The van der Waals surface area contributed by atoms with Crippen LogP contribution >= 0.6 is 0 Å². The average Bonchev–Trinajstić information content (AvgIpc) is 2.01. The Morgan fingerprint density at radius 1 is 1.57 bits per heavy atom. The zero-order valence-electron chi connectivity index (χ0n) is 8.23. The molecule has 0 aliphatic heterocycles. The van der Waals surface area contributed by atoms with Gasteiger partial charge in [0.15, 0.2) is 0 Å². The fraction of sp³-hybridized carbons (Fsp3) is 0.300. The predicted octanol–water partition coefficient (Wildman–Crippen LogP) is 1.47.